The van der Waals surface area contributed by atoms with E-state index in [-0.39, 0.29) is 18.7 Å². The van der Waals surface area contributed by atoms with Gasteiger partial charge in [0.1, 0.15) is 18.4 Å². The van der Waals surface area contributed by atoms with Gasteiger partial charge in [-0.2, -0.15) is 12.7 Å². The second kappa shape index (κ2) is 13.5. The summed E-state index contributed by atoms with van der Waals surface area (Å²) in [6.45, 7) is 4.75. The Morgan fingerprint density at radius 2 is 1.49 bits per heavy atom. The average molecular weight is 603 g/mol. The minimum Gasteiger partial charge on any atom is -0.350 e. The third-order valence-corrected chi connectivity index (χ3v) is 8.23. The summed E-state index contributed by atoms with van der Waals surface area (Å²) in [6, 6.07) is 20.4. The molecule has 0 aliphatic heterocycles. The van der Waals surface area contributed by atoms with Crippen molar-refractivity contribution in [3.63, 3.8) is 0 Å². The largest absolute Gasteiger partial charge is 0.350 e. The highest BCUT2D eigenvalue weighted by atomic mass is 35.5. The van der Waals surface area contributed by atoms with Crippen molar-refractivity contribution in [2.24, 2.45) is 0 Å². The number of nitrogens with zero attached hydrogens (tertiary/aromatic N) is 3. The molecule has 0 unspecified atom stereocenters. The van der Waals surface area contributed by atoms with Gasteiger partial charge in [-0.25, -0.2) is 8.70 Å². The van der Waals surface area contributed by atoms with Gasteiger partial charge in [-0.1, -0.05) is 66.2 Å². The van der Waals surface area contributed by atoms with Gasteiger partial charge in [0.2, 0.25) is 11.8 Å². The summed E-state index contributed by atoms with van der Waals surface area (Å²) in [4.78, 5) is 29.2. The zero-order valence-electron chi connectivity index (χ0n) is 23.8. The molecule has 0 heterocycles. The molecule has 1 atom stereocenters. The van der Waals surface area contributed by atoms with E-state index in [1.807, 2.05) is 51.1 Å². The minimum absolute atomic E-state index is 0.0157. The number of halogens is 2. The Morgan fingerprint density at radius 3 is 2.05 bits per heavy atom. The molecular weight excluding hydrogens is 567 g/mol. The third kappa shape index (κ3) is 8.76. The van der Waals surface area contributed by atoms with Crippen molar-refractivity contribution in [2.75, 3.05) is 24.9 Å². The summed E-state index contributed by atoms with van der Waals surface area (Å²) < 4.78 is 43.2. The summed E-state index contributed by atoms with van der Waals surface area (Å²) in [6.07, 6.45) is 0.169. The number of anilines is 1. The quantitative estimate of drug-likeness (QED) is 0.346. The van der Waals surface area contributed by atoms with Gasteiger partial charge in [-0.05, 0) is 56.2 Å². The number of hydrogen-bond donors (Lipinski definition) is 1. The number of rotatable bonds is 11. The van der Waals surface area contributed by atoms with Gasteiger partial charge >= 0.3 is 10.2 Å². The van der Waals surface area contributed by atoms with E-state index in [2.05, 4.69) is 5.32 Å². The Kier molecular flexibility index (Phi) is 10.5. The highest BCUT2D eigenvalue weighted by Gasteiger charge is 2.36. The second-order valence-corrected chi connectivity index (χ2v) is 13.3. The molecule has 0 radical (unpaired) electrons. The fraction of sp³-hybridized carbons (Fsp3) is 0.333. The molecule has 0 saturated heterocycles. The fourth-order valence-corrected chi connectivity index (χ4v) is 5.34. The van der Waals surface area contributed by atoms with E-state index < -0.39 is 46.0 Å². The van der Waals surface area contributed by atoms with Gasteiger partial charge < -0.3 is 10.2 Å². The van der Waals surface area contributed by atoms with Crippen LogP contribution in [0.5, 0.6) is 0 Å². The Morgan fingerprint density at radius 1 is 0.902 bits per heavy atom. The predicted molar refractivity (Wildman–Crippen MR) is 160 cm³/mol. The van der Waals surface area contributed by atoms with Crippen LogP contribution in [-0.2, 0) is 32.8 Å². The monoisotopic (exact) mass is 602 g/mol. The number of amides is 2. The van der Waals surface area contributed by atoms with Crippen LogP contribution in [0.1, 0.15) is 31.9 Å². The molecule has 220 valence electrons. The number of nitrogens with one attached hydrogen (secondary N) is 1. The molecule has 3 aromatic carbocycles. The smallest absolute Gasteiger partial charge is 0.304 e. The molecule has 0 aliphatic rings. The highest BCUT2D eigenvalue weighted by Crippen LogP contribution is 2.25. The van der Waals surface area contributed by atoms with Crippen molar-refractivity contribution >= 4 is 39.3 Å². The molecule has 0 aliphatic carbocycles. The van der Waals surface area contributed by atoms with Crippen molar-refractivity contribution in [1.29, 1.82) is 0 Å². The molecule has 0 saturated carbocycles. The number of para-hydroxylation sites is 1. The molecule has 0 aromatic heterocycles. The molecule has 41 heavy (non-hydrogen) atoms. The van der Waals surface area contributed by atoms with Crippen molar-refractivity contribution < 1.29 is 22.4 Å². The Hall–Kier alpha value is -3.47. The van der Waals surface area contributed by atoms with Gasteiger partial charge in [0.25, 0.3) is 0 Å². The molecule has 2 amide bonds. The lowest BCUT2D eigenvalue weighted by atomic mass is 10.0. The van der Waals surface area contributed by atoms with E-state index in [1.165, 1.54) is 37.2 Å². The minimum atomic E-state index is -4.29. The van der Waals surface area contributed by atoms with Crippen LogP contribution < -0.4 is 9.62 Å². The maximum atomic E-state index is 14.9. The average Bonchev–Trinajstić information content (AvgIpc) is 2.90. The lowest BCUT2D eigenvalue weighted by Crippen LogP contribution is -2.56. The maximum absolute atomic E-state index is 14.9. The topological polar surface area (TPSA) is 90.0 Å². The van der Waals surface area contributed by atoms with Crippen LogP contribution in [-0.4, -0.2) is 61.7 Å². The van der Waals surface area contributed by atoms with Crippen molar-refractivity contribution in [3.05, 3.63) is 101 Å². The zero-order chi connectivity index (χ0) is 30.4. The van der Waals surface area contributed by atoms with E-state index in [4.69, 9.17) is 11.6 Å². The first-order valence-electron chi connectivity index (χ1n) is 13.0. The highest BCUT2D eigenvalue weighted by molar-refractivity contribution is 7.90. The fourth-order valence-electron chi connectivity index (χ4n) is 4.15. The molecule has 0 bridgehead atoms. The van der Waals surface area contributed by atoms with Crippen molar-refractivity contribution in [1.82, 2.24) is 14.5 Å². The summed E-state index contributed by atoms with van der Waals surface area (Å²) in [7, 11) is -1.69. The molecule has 3 aromatic rings. The maximum Gasteiger partial charge on any atom is 0.304 e. The summed E-state index contributed by atoms with van der Waals surface area (Å²) >= 11 is 6.08. The van der Waals surface area contributed by atoms with Crippen LogP contribution in [0.2, 0.25) is 5.02 Å². The number of benzene rings is 3. The van der Waals surface area contributed by atoms with Gasteiger partial charge in [0, 0.05) is 37.6 Å². The van der Waals surface area contributed by atoms with Gasteiger partial charge in [0.15, 0.2) is 0 Å². The van der Waals surface area contributed by atoms with Gasteiger partial charge in [-0.3, -0.25) is 9.59 Å². The first-order chi connectivity index (χ1) is 19.2. The normalized spacial score (nSPS) is 12.6. The van der Waals surface area contributed by atoms with Crippen LogP contribution in [0.3, 0.4) is 0 Å². The summed E-state index contributed by atoms with van der Waals surface area (Å²) in [5, 5.41) is 3.46. The van der Waals surface area contributed by atoms with Gasteiger partial charge in [-0.15, -0.1) is 0 Å². The first-order valence-corrected chi connectivity index (χ1v) is 14.8. The van der Waals surface area contributed by atoms with Crippen molar-refractivity contribution in [3.8, 4) is 0 Å². The Bertz CT molecular complexity index is 1450. The van der Waals surface area contributed by atoms with Gasteiger partial charge in [0.05, 0.1) is 5.69 Å². The van der Waals surface area contributed by atoms with Crippen LogP contribution in [0, 0.1) is 5.82 Å². The van der Waals surface area contributed by atoms with Crippen LogP contribution in [0.25, 0.3) is 0 Å². The SMILES string of the molecule is CN(C)S(=O)(=O)N(CC(=O)N(Cc1ccc(Cl)cc1)[C@@H](Cc1ccccc1)C(=O)NC(C)(C)C)c1ccccc1F. The third-order valence-electron chi connectivity index (χ3n) is 6.18. The Balaban J connectivity index is 2.12. The van der Waals surface area contributed by atoms with E-state index >= 15 is 0 Å². The van der Waals surface area contributed by atoms with Crippen molar-refractivity contribution in [2.45, 2.75) is 45.3 Å². The lowest BCUT2D eigenvalue weighted by Gasteiger charge is -2.35. The molecule has 11 heteroatoms. The second-order valence-electron chi connectivity index (χ2n) is 10.8. The summed E-state index contributed by atoms with van der Waals surface area (Å²) in [5.41, 5.74) is 0.605. The van der Waals surface area contributed by atoms with E-state index in [9.17, 15) is 22.4 Å². The predicted octanol–water partition coefficient (Wildman–Crippen LogP) is 4.65. The number of carbonyl (C=O) groups excluding carboxylic acids is 2. The summed E-state index contributed by atoms with van der Waals surface area (Å²) in [5.74, 6) is -1.89. The van der Waals surface area contributed by atoms with Crippen LogP contribution in [0.15, 0.2) is 78.9 Å². The first kappa shape index (κ1) is 32.0. The van der Waals surface area contributed by atoms with E-state index in [1.54, 1.807) is 24.3 Å². The molecule has 8 nitrogen and oxygen atoms in total. The van der Waals surface area contributed by atoms with E-state index in [0.29, 0.717) is 10.6 Å². The zero-order valence-corrected chi connectivity index (χ0v) is 25.4. The molecule has 0 spiro atoms. The number of hydrogen-bond acceptors (Lipinski definition) is 4. The molecular formula is C30H36ClFN4O4S. The Labute approximate surface area is 246 Å². The standard InChI is InChI=1S/C30H36ClFN4O4S/c1-30(2,3)33-29(38)27(19-22-11-7-6-8-12-22)35(20-23-15-17-24(31)18-16-23)28(37)21-36(41(39,40)34(4)5)26-14-10-9-13-25(26)32/h6-18,27H,19-21H2,1-5H3,(H,33,38)/t27-/m0/s1. The lowest BCUT2D eigenvalue weighted by molar-refractivity contribution is -0.140. The molecule has 0 fully saturated rings. The molecule has 1 N–H and O–H groups in total. The number of carbonyl (C=O) groups is 2. The van der Waals surface area contributed by atoms with Crippen LogP contribution >= 0.6 is 11.6 Å². The van der Waals surface area contributed by atoms with Crippen LogP contribution in [0.4, 0.5) is 10.1 Å². The molecule has 3 rings (SSSR count). The van der Waals surface area contributed by atoms with E-state index in [0.717, 1.165) is 20.2 Å².